The van der Waals surface area contributed by atoms with Gasteiger partial charge in [-0.3, -0.25) is 4.90 Å². The van der Waals surface area contributed by atoms with Gasteiger partial charge in [0.05, 0.1) is 43.2 Å². The molecule has 5 saturated carbocycles. The minimum atomic E-state index is -1.24. The molecular formula is C38H63NO7. The summed E-state index contributed by atoms with van der Waals surface area (Å²) in [7, 11) is 0. The third kappa shape index (κ3) is 4.26. The van der Waals surface area contributed by atoms with E-state index in [1.54, 1.807) is 13.8 Å². The lowest BCUT2D eigenvalue weighted by atomic mass is 9.41. The Morgan fingerprint density at radius 2 is 1.70 bits per heavy atom. The number of fused-ring (bicyclic) bond motifs is 4. The fourth-order valence-corrected chi connectivity index (χ4v) is 14.3. The summed E-state index contributed by atoms with van der Waals surface area (Å²) in [4.78, 5) is 2.53. The first-order chi connectivity index (χ1) is 21.6. The average molecular weight is 646 g/mol. The fourth-order valence-electron chi connectivity index (χ4n) is 14.3. The molecule has 5 aliphatic carbocycles. The predicted octanol–water partition coefficient (Wildman–Crippen LogP) is 4.76. The van der Waals surface area contributed by atoms with Gasteiger partial charge in [0.2, 0.25) is 0 Å². The monoisotopic (exact) mass is 645 g/mol. The molecule has 262 valence electrons. The Kier molecular flexibility index (Phi) is 7.57. The van der Waals surface area contributed by atoms with Crippen LogP contribution in [0, 0.1) is 50.7 Å². The van der Waals surface area contributed by atoms with E-state index in [2.05, 4.69) is 39.5 Å². The second-order valence-corrected chi connectivity index (χ2v) is 19.1. The molecule has 0 aromatic rings. The van der Waals surface area contributed by atoms with E-state index < -0.39 is 23.9 Å². The minimum absolute atomic E-state index is 0.0158. The smallest absolute Gasteiger partial charge is 0.170 e. The molecule has 0 aromatic heterocycles. The summed E-state index contributed by atoms with van der Waals surface area (Å²) < 4.78 is 25.5. The van der Waals surface area contributed by atoms with Crippen molar-refractivity contribution in [2.24, 2.45) is 50.7 Å². The molecular weight excluding hydrogens is 582 g/mol. The molecule has 8 nitrogen and oxygen atoms in total. The first kappa shape index (κ1) is 32.9. The summed E-state index contributed by atoms with van der Waals surface area (Å²) in [5.74, 6) is 1.66. The van der Waals surface area contributed by atoms with Crippen LogP contribution in [0.3, 0.4) is 0 Å². The molecule has 8 fully saturated rings. The Labute approximate surface area is 277 Å². The minimum Gasteiger partial charge on any atom is -0.390 e. The van der Waals surface area contributed by atoms with Gasteiger partial charge in [-0.25, -0.2) is 0 Å². The highest BCUT2D eigenvalue weighted by Gasteiger charge is 2.84. The van der Waals surface area contributed by atoms with Crippen LogP contribution < -0.4 is 0 Å². The fraction of sp³-hybridized carbons (Fsp3) is 1.00. The molecule has 3 saturated heterocycles. The number of ether oxygens (including phenoxy) is 4. The number of morpholine rings is 1. The summed E-state index contributed by atoms with van der Waals surface area (Å²) in [5.41, 5.74) is -0.804. The molecule has 0 aromatic carbocycles. The van der Waals surface area contributed by atoms with E-state index in [-0.39, 0.29) is 46.1 Å². The van der Waals surface area contributed by atoms with E-state index in [1.165, 1.54) is 25.7 Å². The van der Waals surface area contributed by atoms with Crippen LogP contribution >= 0.6 is 0 Å². The number of hydrogen-bond donors (Lipinski definition) is 3. The maximum absolute atomic E-state index is 12.4. The van der Waals surface area contributed by atoms with Crippen molar-refractivity contribution in [1.29, 1.82) is 0 Å². The van der Waals surface area contributed by atoms with E-state index in [4.69, 9.17) is 18.9 Å². The van der Waals surface area contributed by atoms with Crippen LogP contribution in [0.4, 0.5) is 0 Å². The first-order valence-corrected chi connectivity index (χ1v) is 18.9. The van der Waals surface area contributed by atoms with Crippen molar-refractivity contribution in [1.82, 2.24) is 4.90 Å². The van der Waals surface area contributed by atoms with E-state index in [0.29, 0.717) is 29.2 Å². The Morgan fingerprint density at radius 1 is 0.957 bits per heavy atom. The Balaban J connectivity index is 1.02. The van der Waals surface area contributed by atoms with Crippen LogP contribution in [0.5, 0.6) is 0 Å². The summed E-state index contributed by atoms with van der Waals surface area (Å²) in [5, 5.41) is 34.1. The number of hydrogen-bond acceptors (Lipinski definition) is 8. The average Bonchev–Trinajstić information content (AvgIpc) is 3.26. The van der Waals surface area contributed by atoms with Crippen molar-refractivity contribution >= 4 is 0 Å². The van der Waals surface area contributed by atoms with Gasteiger partial charge in [0.15, 0.2) is 6.29 Å². The molecule has 46 heavy (non-hydrogen) atoms. The summed E-state index contributed by atoms with van der Waals surface area (Å²) in [6, 6.07) is 0.498. The molecule has 8 rings (SSSR count). The highest BCUT2D eigenvalue weighted by Crippen LogP contribution is 2.89. The van der Waals surface area contributed by atoms with Crippen molar-refractivity contribution < 1.29 is 34.3 Å². The van der Waals surface area contributed by atoms with Crippen LogP contribution in [0.1, 0.15) is 106 Å². The van der Waals surface area contributed by atoms with E-state index in [0.717, 1.165) is 65.0 Å². The second kappa shape index (κ2) is 10.6. The predicted molar refractivity (Wildman–Crippen MR) is 174 cm³/mol. The normalized spacial score (nSPS) is 55.4. The van der Waals surface area contributed by atoms with E-state index in [9.17, 15) is 15.3 Å². The van der Waals surface area contributed by atoms with Crippen LogP contribution in [-0.2, 0) is 18.9 Å². The zero-order chi connectivity index (χ0) is 32.7. The topological polar surface area (TPSA) is 101 Å². The third-order valence-electron chi connectivity index (χ3n) is 16.6. The lowest BCUT2D eigenvalue weighted by Gasteiger charge is -2.64. The highest BCUT2D eigenvalue weighted by atomic mass is 16.7. The van der Waals surface area contributed by atoms with Gasteiger partial charge in [0.1, 0.15) is 6.10 Å². The van der Waals surface area contributed by atoms with Gasteiger partial charge < -0.3 is 34.3 Å². The van der Waals surface area contributed by atoms with Crippen LogP contribution in [0.2, 0.25) is 0 Å². The lowest BCUT2D eigenvalue weighted by molar-refractivity contribution is -0.251. The van der Waals surface area contributed by atoms with Crippen molar-refractivity contribution in [3.63, 3.8) is 0 Å². The van der Waals surface area contributed by atoms with Crippen LogP contribution in [0.15, 0.2) is 0 Å². The number of nitrogens with zero attached hydrogens (tertiary/aromatic N) is 1. The number of rotatable bonds is 5. The molecule has 15 atom stereocenters. The summed E-state index contributed by atoms with van der Waals surface area (Å²) in [6.45, 7) is 19.7. The van der Waals surface area contributed by atoms with E-state index in [1.807, 2.05) is 0 Å². The SMILES string of the molecule is C[C@@H]1CC(C(O)C(C)(C)O)OC2[C@H]1C1(C)CCC34CC35CCC(O[C@H]3CN(C6CCOC6)CCO3)C(C)(C)[C@@H]5CCC4[C@]1(C)[C@H]2O. The molecule has 9 unspecified atom stereocenters. The quantitative estimate of drug-likeness (QED) is 0.394. The summed E-state index contributed by atoms with van der Waals surface area (Å²) >= 11 is 0. The molecule has 3 heterocycles. The molecule has 0 radical (unpaired) electrons. The highest BCUT2D eigenvalue weighted by molar-refractivity contribution is 5.33. The van der Waals surface area contributed by atoms with Gasteiger partial charge in [-0.2, -0.15) is 0 Å². The third-order valence-corrected chi connectivity index (χ3v) is 16.6. The van der Waals surface area contributed by atoms with Gasteiger partial charge in [0.25, 0.3) is 0 Å². The second-order valence-electron chi connectivity index (χ2n) is 19.1. The Bertz CT molecular complexity index is 1180. The van der Waals surface area contributed by atoms with E-state index >= 15 is 0 Å². The molecule has 8 heteroatoms. The molecule has 3 N–H and O–H groups in total. The van der Waals surface area contributed by atoms with Gasteiger partial charge in [-0.1, -0.05) is 34.6 Å². The molecule has 0 amide bonds. The number of aliphatic hydroxyl groups is 3. The summed E-state index contributed by atoms with van der Waals surface area (Å²) in [6.07, 6.45) is 7.91. The Hall–Kier alpha value is -0.320. The van der Waals surface area contributed by atoms with Gasteiger partial charge in [-0.15, -0.1) is 0 Å². The van der Waals surface area contributed by atoms with Crippen molar-refractivity contribution in [3.05, 3.63) is 0 Å². The van der Waals surface area contributed by atoms with Crippen LogP contribution in [0.25, 0.3) is 0 Å². The van der Waals surface area contributed by atoms with Gasteiger partial charge in [-0.05, 0) is 117 Å². The largest absolute Gasteiger partial charge is 0.390 e. The van der Waals surface area contributed by atoms with Gasteiger partial charge in [0, 0.05) is 31.2 Å². The standard InChI is InChI=1S/C38H63NO7/c1-22-18-24(31(40)34(4,5)42)45-30-29(22)35(6)13-14-38-21-37(38)12-10-27(46-28-19-39(15-17-44-28)23-11-16-43-20-23)33(2,3)25(37)8-9-26(38)36(35,7)32(30)41/h22-32,40-42H,8-21H2,1-7H3/t22-,23?,24?,25+,26?,27?,28+,29+,30?,31?,32+,35?,36-,37?,38?/m1/s1. The molecule has 2 spiro atoms. The van der Waals surface area contributed by atoms with Crippen molar-refractivity contribution in [3.8, 4) is 0 Å². The zero-order valence-corrected chi connectivity index (χ0v) is 29.7. The first-order valence-electron chi connectivity index (χ1n) is 18.9. The molecule has 3 aliphatic heterocycles. The lowest BCUT2D eigenvalue weighted by Crippen LogP contribution is -2.60. The van der Waals surface area contributed by atoms with Crippen molar-refractivity contribution in [2.75, 3.05) is 32.9 Å². The zero-order valence-electron chi connectivity index (χ0n) is 29.7. The Morgan fingerprint density at radius 3 is 2.41 bits per heavy atom. The van der Waals surface area contributed by atoms with Crippen molar-refractivity contribution in [2.45, 2.75) is 155 Å². The maximum Gasteiger partial charge on any atom is 0.170 e. The number of aliphatic hydroxyl groups excluding tert-OH is 2. The van der Waals surface area contributed by atoms with Gasteiger partial charge >= 0.3 is 0 Å². The maximum atomic E-state index is 12.4. The van der Waals surface area contributed by atoms with Crippen LogP contribution in [-0.4, -0.2) is 102 Å². The molecule has 0 bridgehead atoms. The molecule has 8 aliphatic rings.